The smallest absolute Gasteiger partial charge is 0.123 e. The van der Waals surface area contributed by atoms with Crippen molar-refractivity contribution in [2.75, 3.05) is 0 Å². The fourth-order valence-electron chi connectivity index (χ4n) is 2.28. The average Bonchev–Trinajstić information content (AvgIpc) is 2.38. The van der Waals surface area contributed by atoms with E-state index in [-0.39, 0.29) is 23.6 Å². The van der Waals surface area contributed by atoms with E-state index in [9.17, 15) is 4.39 Å². The third-order valence-corrected chi connectivity index (χ3v) is 4.34. The van der Waals surface area contributed by atoms with E-state index in [0.29, 0.717) is 0 Å². The Balaban J connectivity index is 0.00000200. The molecule has 1 aromatic carbocycles. The third kappa shape index (κ3) is 2.97. The van der Waals surface area contributed by atoms with Crippen molar-refractivity contribution in [3.63, 3.8) is 0 Å². The zero-order chi connectivity index (χ0) is 14.1. The number of benzene rings is 1. The van der Waals surface area contributed by atoms with Crippen LogP contribution < -0.4 is 0 Å². The van der Waals surface area contributed by atoms with E-state index in [1.54, 1.807) is 24.5 Å². The maximum absolute atomic E-state index is 13.1. The lowest BCUT2D eigenvalue weighted by atomic mass is 9.72. The van der Waals surface area contributed by atoms with Gasteiger partial charge in [-0.25, -0.2) is 4.39 Å². The van der Waals surface area contributed by atoms with Crippen LogP contribution in [0.25, 0.3) is 0 Å². The molecule has 0 N–H and O–H groups in total. The topological polar surface area (TPSA) is 12.9 Å². The molecule has 0 aliphatic rings. The van der Waals surface area contributed by atoms with Gasteiger partial charge >= 0.3 is 0 Å². The molecular weight excluding hydrogens is 296 g/mol. The second-order valence-electron chi connectivity index (χ2n) is 5.66. The molecule has 0 fully saturated rings. The van der Waals surface area contributed by atoms with Crippen LogP contribution in [0.2, 0.25) is 0 Å². The van der Waals surface area contributed by atoms with Crippen molar-refractivity contribution in [3.05, 3.63) is 65.7 Å². The first kappa shape index (κ1) is 16.9. The molecule has 0 aliphatic heterocycles. The SMILES string of the molecule is CC(C)(C)C(Cl)(c1ccc(F)cc1)c1cccnc1.Cl. The molecule has 0 aliphatic carbocycles. The molecule has 1 aromatic heterocycles. The van der Waals surface area contributed by atoms with Gasteiger partial charge in [0.2, 0.25) is 0 Å². The van der Waals surface area contributed by atoms with Crippen LogP contribution in [0.4, 0.5) is 4.39 Å². The second kappa shape index (κ2) is 6.11. The fourth-order valence-corrected chi connectivity index (χ4v) is 2.52. The van der Waals surface area contributed by atoms with Crippen LogP contribution in [0.15, 0.2) is 48.8 Å². The van der Waals surface area contributed by atoms with E-state index in [0.717, 1.165) is 11.1 Å². The predicted molar refractivity (Wildman–Crippen MR) is 84.0 cm³/mol. The van der Waals surface area contributed by atoms with Crippen molar-refractivity contribution >= 4 is 24.0 Å². The van der Waals surface area contributed by atoms with Crippen molar-refractivity contribution in [1.29, 1.82) is 0 Å². The Hall–Kier alpha value is -1.12. The summed E-state index contributed by atoms with van der Waals surface area (Å²) in [4.78, 5) is 3.41. The molecule has 0 radical (unpaired) electrons. The molecule has 2 aromatic rings. The number of nitrogens with zero attached hydrogens (tertiary/aromatic N) is 1. The molecule has 2 rings (SSSR count). The van der Waals surface area contributed by atoms with E-state index in [4.69, 9.17) is 11.6 Å². The lowest BCUT2D eigenvalue weighted by Crippen LogP contribution is -2.36. The number of alkyl halides is 1. The standard InChI is InChI=1S/C16H17ClFN.ClH/c1-15(2,3)16(17,13-5-4-10-19-11-13)12-6-8-14(18)9-7-12;/h4-11H,1-3H3;1H. The highest BCUT2D eigenvalue weighted by atomic mass is 35.5. The van der Waals surface area contributed by atoms with Crippen molar-refractivity contribution in [2.24, 2.45) is 5.41 Å². The van der Waals surface area contributed by atoms with Gasteiger partial charge in [0.1, 0.15) is 10.7 Å². The Bertz CT molecular complexity index is 549. The summed E-state index contributed by atoms with van der Waals surface area (Å²) in [5.74, 6) is -0.261. The summed E-state index contributed by atoms with van der Waals surface area (Å²) in [5, 5.41) is 0. The third-order valence-electron chi connectivity index (χ3n) is 3.33. The molecule has 0 amide bonds. The molecule has 0 saturated carbocycles. The highest BCUT2D eigenvalue weighted by Crippen LogP contribution is 2.49. The van der Waals surface area contributed by atoms with Crippen LogP contribution in [0.3, 0.4) is 0 Å². The molecular formula is C16H18Cl2FN. The lowest BCUT2D eigenvalue weighted by molar-refractivity contribution is 0.317. The van der Waals surface area contributed by atoms with Gasteiger partial charge in [-0.1, -0.05) is 39.0 Å². The summed E-state index contributed by atoms with van der Waals surface area (Å²) in [6, 6.07) is 10.2. The van der Waals surface area contributed by atoms with Crippen molar-refractivity contribution in [3.8, 4) is 0 Å². The molecule has 1 unspecified atom stereocenters. The molecule has 20 heavy (non-hydrogen) atoms. The van der Waals surface area contributed by atoms with Gasteiger partial charge in [0, 0.05) is 12.4 Å². The predicted octanol–water partition coefficient (Wildman–Crippen LogP) is 5.17. The van der Waals surface area contributed by atoms with Crippen LogP contribution in [0, 0.1) is 11.2 Å². The Kier molecular flexibility index (Phi) is 5.17. The van der Waals surface area contributed by atoms with Gasteiger partial charge in [0.15, 0.2) is 0 Å². The first-order chi connectivity index (χ1) is 8.85. The van der Waals surface area contributed by atoms with E-state index in [1.165, 1.54) is 12.1 Å². The largest absolute Gasteiger partial charge is 0.264 e. The zero-order valence-electron chi connectivity index (χ0n) is 11.7. The zero-order valence-corrected chi connectivity index (χ0v) is 13.3. The number of aromatic nitrogens is 1. The molecule has 1 heterocycles. The summed E-state index contributed by atoms with van der Waals surface area (Å²) < 4.78 is 13.1. The van der Waals surface area contributed by atoms with Gasteiger partial charge in [-0.05, 0) is 34.7 Å². The first-order valence-corrected chi connectivity index (χ1v) is 6.59. The van der Waals surface area contributed by atoms with Gasteiger partial charge in [0.05, 0.1) is 0 Å². The first-order valence-electron chi connectivity index (χ1n) is 6.21. The van der Waals surface area contributed by atoms with Crippen molar-refractivity contribution in [1.82, 2.24) is 4.98 Å². The number of hydrogen-bond donors (Lipinski definition) is 0. The Morgan fingerprint density at radius 3 is 2.05 bits per heavy atom. The Morgan fingerprint density at radius 1 is 1.00 bits per heavy atom. The minimum Gasteiger partial charge on any atom is -0.264 e. The molecule has 1 nitrogen and oxygen atoms in total. The van der Waals surface area contributed by atoms with Crippen molar-refractivity contribution in [2.45, 2.75) is 25.6 Å². The van der Waals surface area contributed by atoms with Gasteiger partial charge < -0.3 is 0 Å². The number of pyridine rings is 1. The molecule has 108 valence electrons. The summed E-state index contributed by atoms with van der Waals surface area (Å²) in [7, 11) is 0. The van der Waals surface area contributed by atoms with E-state index in [1.807, 2.05) is 12.1 Å². The summed E-state index contributed by atoms with van der Waals surface area (Å²) in [6.45, 7) is 6.20. The highest BCUT2D eigenvalue weighted by molar-refractivity contribution is 6.26. The van der Waals surface area contributed by atoms with E-state index < -0.39 is 4.87 Å². The second-order valence-corrected chi connectivity index (χ2v) is 6.22. The number of halogens is 3. The number of hydrogen-bond acceptors (Lipinski definition) is 1. The number of rotatable bonds is 2. The highest BCUT2D eigenvalue weighted by Gasteiger charge is 2.43. The van der Waals surface area contributed by atoms with Crippen LogP contribution in [-0.4, -0.2) is 4.98 Å². The monoisotopic (exact) mass is 313 g/mol. The molecule has 0 bridgehead atoms. The molecule has 1 atom stereocenters. The minimum atomic E-state index is -0.741. The van der Waals surface area contributed by atoms with Crippen molar-refractivity contribution < 1.29 is 4.39 Å². The Morgan fingerprint density at radius 2 is 1.60 bits per heavy atom. The Labute approximate surface area is 130 Å². The normalized spacial score (nSPS) is 14.2. The van der Waals surface area contributed by atoms with Gasteiger partial charge in [0.25, 0.3) is 0 Å². The van der Waals surface area contributed by atoms with Crippen LogP contribution in [0.1, 0.15) is 31.9 Å². The fraction of sp³-hybridized carbons (Fsp3) is 0.312. The molecule has 0 saturated heterocycles. The maximum atomic E-state index is 13.1. The minimum absolute atomic E-state index is 0. The average molecular weight is 314 g/mol. The van der Waals surface area contributed by atoms with Gasteiger partial charge in [-0.2, -0.15) is 0 Å². The van der Waals surface area contributed by atoms with E-state index in [2.05, 4.69) is 25.8 Å². The van der Waals surface area contributed by atoms with Gasteiger partial charge in [-0.3, -0.25) is 4.98 Å². The van der Waals surface area contributed by atoms with Crippen LogP contribution >= 0.6 is 24.0 Å². The quantitative estimate of drug-likeness (QED) is 0.697. The maximum Gasteiger partial charge on any atom is 0.123 e. The molecule has 4 heteroatoms. The van der Waals surface area contributed by atoms with Crippen LogP contribution in [-0.2, 0) is 4.87 Å². The van der Waals surface area contributed by atoms with E-state index >= 15 is 0 Å². The van der Waals surface area contributed by atoms with Gasteiger partial charge in [-0.15, -0.1) is 24.0 Å². The summed E-state index contributed by atoms with van der Waals surface area (Å²) in [5.41, 5.74) is 1.54. The molecule has 0 spiro atoms. The summed E-state index contributed by atoms with van der Waals surface area (Å²) in [6.07, 6.45) is 3.48. The summed E-state index contributed by atoms with van der Waals surface area (Å²) >= 11 is 6.96. The lowest BCUT2D eigenvalue weighted by Gasteiger charge is -2.40. The van der Waals surface area contributed by atoms with Crippen LogP contribution in [0.5, 0.6) is 0 Å².